The normalized spacial score (nSPS) is 10.2. The van der Waals surface area contributed by atoms with Crippen LogP contribution in [-0.4, -0.2) is 4.98 Å². The molecule has 0 unspecified atom stereocenters. The van der Waals surface area contributed by atoms with Crippen molar-refractivity contribution in [1.29, 1.82) is 5.26 Å². The zero-order valence-electron chi connectivity index (χ0n) is 6.97. The number of anilines is 1. The smallest absolute Gasteiger partial charge is 0.280 e. The molecule has 1 heterocycles. The van der Waals surface area contributed by atoms with Crippen LogP contribution in [0.2, 0.25) is 0 Å². The van der Waals surface area contributed by atoms with Crippen LogP contribution in [0.25, 0.3) is 0 Å². The van der Waals surface area contributed by atoms with E-state index in [1.165, 1.54) is 6.07 Å². The Hall–Kier alpha value is -0.970. The van der Waals surface area contributed by atoms with Gasteiger partial charge in [-0.3, -0.25) is 0 Å². The third kappa shape index (κ3) is 2.29. The van der Waals surface area contributed by atoms with E-state index in [1.807, 2.05) is 0 Å². The lowest BCUT2D eigenvalue weighted by Gasteiger charge is -2.07. The average molecular weight is 309 g/mol. The summed E-state index contributed by atoms with van der Waals surface area (Å²) in [7, 11) is 0. The average Bonchev–Trinajstić information content (AvgIpc) is 2.11. The summed E-state index contributed by atoms with van der Waals surface area (Å²) in [6, 6.07) is 3.17. The van der Waals surface area contributed by atoms with Gasteiger partial charge in [-0.25, -0.2) is 13.8 Å². The van der Waals surface area contributed by atoms with Gasteiger partial charge in [0.2, 0.25) is 0 Å². The number of hydrogen-bond acceptors (Lipinski definition) is 3. The number of alkyl halides is 2. The predicted molar refractivity (Wildman–Crippen MR) is 55.6 cm³/mol. The van der Waals surface area contributed by atoms with Crippen LogP contribution in [0.3, 0.4) is 0 Å². The summed E-state index contributed by atoms with van der Waals surface area (Å²) in [5.74, 6) is 0. The topological polar surface area (TPSA) is 62.7 Å². The van der Waals surface area contributed by atoms with E-state index in [-0.39, 0.29) is 17.7 Å². The largest absolute Gasteiger partial charge is 0.397 e. The second kappa shape index (κ2) is 4.50. The van der Waals surface area contributed by atoms with Gasteiger partial charge in [0.15, 0.2) is 0 Å². The van der Waals surface area contributed by atoms with Gasteiger partial charge in [-0.1, -0.05) is 0 Å². The highest BCUT2D eigenvalue weighted by Gasteiger charge is 2.16. The molecule has 0 aliphatic carbocycles. The van der Waals surface area contributed by atoms with Gasteiger partial charge >= 0.3 is 0 Å². The van der Waals surface area contributed by atoms with Gasteiger partial charge in [-0.05, 0) is 34.2 Å². The molecule has 0 saturated carbocycles. The Morgan fingerprint density at radius 1 is 1.64 bits per heavy atom. The van der Waals surface area contributed by atoms with E-state index in [0.29, 0.717) is 9.39 Å². The molecule has 0 aromatic carbocycles. The van der Waals surface area contributed by atoms with E-state index in [2.05, 4.69) is 4.98 Å². The second-order valence-electron chi connectivity index (χ2n) is 2.55. The van der Waals surface area contributed by atoms with Gasteiger partial charge in [0, 0.05) is 0 Å². The quantitative estimate of drug-likeness (QED) is 0.673. The minimum absolute atomic E-state index is 0.103. The van der Waals surface area contributed by atoms with Crippen molar-refractivity contribution in [3.8, 4) is 6.07 Å². The lowest BCUT2D eigenvalue weighted by atomic mass is 10.1. The number of nitrogens with zero attached hydrogens (tertiary/aromatic N) is 2. The van der Waals surface area contributed by atoms with Crippen LogP contribution in [-0.2, 0) is 6.42 Å². The van der Waals surface area contributed by atoms with Gasteiger partial charge < -0.3 is 5.73 Å². The fraction of sp³-hybridized carbons (Fsp3) is 0.250. The zero-order chi connectivity index (χ0) is 10.7. The van der Waals surface area contributed by atoms with Crippen molar-refractivity contribution < 1.29 is 8.78 Å². The minimum Gasteiger partial charge on any atom is -0.397 e. The first-order valence-electron chi connectivity index (χ1n) is 3.66. The van der Waals surface area contributed by atoms with Gasteiger partial charge in [-0.2, -0.15) is 5.26 Å². The first-order valence-corrected chi connectivity index (χ1v) is 4.74. The fourth-order valence-corrected chi connectivity index (χ4v) is 1.39. The molecular weight excluding hydrogens is 303 g/mol. The number of nitrogens with two attached hydrogens (primary N) is 1. The molecule has 0 atom stereocenters. The maximum Gasteiger partial charge on any atom is 0.280 e. The second-order valence-corrected chi connectivity index (χ2v) is 3.57. The van der Waals surface area contributed by atoms with E-state index in [0.717, 1.165) is 0 Å². The summed E-state index contributed by atoms with van der Waals surface area (Å²) in [5, 5.41) is 8.42. The molecule has 0 spiro atoms. The number of rotatable bonds is 2. The maximum atomic E-state index is 12.4. The van der Waals surface area contributed by atoms with Gasteiger partial charge in [0.25, 0.3) is 6.43 Å². The highest BCUT2D eigenvalue weighted by Crippen LogP contribution is 2.25. The van der Waals surface area contributed by atoms with Gasteiger partial charge in [0.05, 0.1) is 18.2 Å². The SMILES string of the molecule is N#CCc1cc(N)c(I)nc1C(F)F. The first-order chi connectivity index (χ1) is 6.56. The molecular formula is C8H6F2IN3. The summed E-state index contributed by atoms with van der Waals surface area (Å²) in [4.78, 5) is 3.65. The molecule has 6 heteroatoms. The third-order valence-corrected chi connectivity index (χ3v) is 2.46. The van der Waals surface area contributed by atoms with E-state index in [1.54, 1.807) is 28.7 Å². The van der Waals surface area contributed by atoms with Crippen molar-refractivity contribution in [1.82, 2.24) is 4.98 Å². The maximum absolute atomic E-state index is 12.4. The minimum atomic E-state index is -2.67. The predicted octanol–water partition coefficient (Wildman–Crippen LogP) is 2.27. The number of nitrogen functional groups attached to an aromatic ring is 1. The standard InChI is InChI=1S/C8H6F2IN3/c9-7(10)6-4(1-2-12)3-5(13)8(11)14-6/h3,7H,1,13H2. The van der Waals surface area contributed by atoms with Crippen LogP contribution >= 0.6 is 22.6 Å². The third-order valence-electron chi connectivity index (χ3n) is 1.59. The summed E-state index contributed by atoms with van der Waals surface area (Å²) in [6.07, 6.45) is -2.78. The van der Waals surface area contributed by atoms with Crippen molar-refractivity contribution in [2.24, 2.45) is 0 Å². The number of pyridine rings is 1. The van der Waals surface area contributed by atoms with Crippen molar-refractivity contribution in [3.05, 3.63) is 21.0 Å². The zero-order valence-corrected chi connectivity index (χ0v) is 9.12. The summed E-state index contributed by atoms with van der Waals surface area (Å²) >= 11 is 1.78. The number of halogens is 3. The highest BCUT2D eigenvalue weighted by atomic mass is 127. The molecule has 1 rings (SSSR count). The van der Waals surface area contributed by atoms with E-state index < -0.39 is 6.43 Å². The number of hydrogen-bond donors (Lipinski definition) is 1. The Labute approximate surface area is 93.1 Å². The fourth-order valence-electron chi connectivity index (χ4n) is 0.979. The van der Waals surface area contributed by atoms with Crippen molar-refractivity contribution in [2.75, 3.05) is 5.73 Å². The molecule has 0 aliphatic heterocycles. The summed E-state index contributed by atoms with van der Waals surface area (Å²) in [5.41, 5.74) is 5.65. The molecule has 74 valence electrons. The molecule has 0 amide bonds. The molecule has 0 saturated heterocycles. The van der Waals surface area contributed by atoms with Gasteiger partial charge in [0.1, 0.15) is 9.39 Å². The molecule has 0 aliphatic rings. The van der Waals surface area contributed by atoms with Gasteiger partial charge in [-0.15, -0.1) is 0 Å². The highest BCUT2D eigenvalue weighted by molar-refractivity contribution is 14.1. The van der Waals surface area contributed by atoms with E-state index >= 15 is 0 Å². The Balaban J connectivity index is 3.25. The molecule has 0 fully saturated rings. The van der Waals surface area contributed by atoms with Crippen molar-refractivity contribution in [2.45, 2.75) is 12.8 Å². The molecule has 14 heavy (non-hydrogen) atoms. The number of nitriles is 1. The molecule has 3 nitrogen and oxygen atoms in total. The van der Waals surface area contributed by atoms with Crippen LogP contribution in [0.5, 0.6) is 0 Å². The van der Waals surface area contributed by atoms with Crippen molar-refractivity contribution >= 4 is 28.3 Å². The summed E-state index contributed by atoms with van der Waals surface area (Å²) in [6.45, 7) is 0. The monoisotopic (exact) mass is 309 g/mol. The number of aromatic nitrogens is 1. The molecule has 1 aromatic rings. The molecule has 0 bridgehead atoms. The Morgan fingerprint density at radius 3 is 2.79 bits per heavy atom. The lowest BCUT2D eigenvalue weighted by Crippen LogP contribution is -2.03. The first kappa shape index (κ1) is 11.1. The van der Waals surface area contributed by atoms with Crippen LogP contribution in [0.4, 0.5) is 14.5 Å². The van der Waals surface area contributed by atoms with Crippen LogP contribution in [0.1, 0.15) is 17.7 Å². The molecule has 0 radical (unpaired) electrons. The molecule has 2 N–H and O–H groups in total. The Morgan fingerprint density at radius 2 is 2.29 bits per heavy atom. The van der Waals surface area contributed by atoms with E-state index in [4.69, 9.17) is 11.0 Å². The van der Waals surface area contributed by atoms with Crippen LogP contribution in [0, 0.1) is 15.0 Å². The van der Waals surface area contributed by atoms with Crippen LogP contribution in [0.15, 0.2) is 6.07 Å². The Bertz CT molecular complexity index is 387. The molecule has 1 aromatic heterocycles. The summed E-state index contributed by atoms with van der Waals surface area (Å²) < 4.78 is 25.2. The van der Waals surface area contributed by atoms with Crippen LogP contribution < -0.4 is 5.73 Å². The van der Waals surface area contributed by atoms with Crippen molar-refractivity contribution in [3.63, 3.8) is 0 Å². The van der Waals surface area contributed by atoms with E-state index in [9.17, 15) is 8.78 Å². The lowest BCUT2D eigenvalue weighted by molar-refractivity contribution is 0.145. The Kier molecular flexibility index (Phi) is 3.57.